The maximum Gasteiger partial charge on any atom is 0.333 e. The molecule has 2 aromatic rings. The molecule has 0 aromatic heterocycles. The molecule has 0 heterocycles. The van der Waals surface area contributed by atoms with Crippen molar-refractivity contribution in [2.24, 2.45) is 23.2 Å². The fourth-order valence-corrected chi connectivity index (χ4v) is 9.84. The van der Waals surface area contributed by atoms with Gasteiger partial charge in [0.2, 0.25) is 0 Å². The third-order valence-corrected chi connectivity index (χ3v) is 14.2. The van der Waals surface area contributed by atoms with Gasteiger partial charge in [0.15, 0.2) is 0 Å². The summed E-state index contributed by atoms with van der Waals surface area (Å²) in [7, 11) is 2.26. The van der Waals surface area contributed by atoms with Crippen LogP contribution in [0.5, 0.6) is 5.75 Å². The van der Waals surface area contributed by atoms with Crippen LogP contribution in [0, 0.1) is 23.2 Å². The van der Waals surface area contributed by atoms with Gasteiger partial charge in [0, 0.05) is 11.1 Å². The number of unbranched alkanes of at least 4 members (excludes halogenated alkanes) is 2. The average molecular weight is 973 g/mol. The molecule has 0 saturated heterocycles. The zero-order chi connectivity index (χ0) is 51.2. The molecule has 2 saturated carbocycles. The van der Waals surface area contributed by atoms with Crippen LogP contribution in [0.15, 0.2) is 54.6 Å². The largest absolute Gasteiger partial charge is 0.492 e. The number of rotatable bonds is 28. The van der Waals surface area contributed by atoms with Gasteiger partial charge in [-0.2, -0.15) is 0 Å². The van der Waals surface area contributed by atoms with Gasteiger partial charge in [-0.25, -0.2) is 9.59 Å². The van der Waals surface area contributed by atoms with E-state index >= 15 is 0 Å². The number of hydrogen-bond acceptors (Lipinski definition) is 13. The van der Waals surface area contributed by atoms with Crippen molar-refractivity contribution < 1.29 is 61.9 Å². The molecule has 2 fully saturated rings. The lowest BCUT2D eigenvalue weighted by Crippen LogP contribution is -2.44. The van der Waals surface area contributed by atoms with E-state index in [1.165, 1.54) is 95.1 Å². The van der Waals surface area contributed by atoms with Crippen LogP contribution in [0.1, 0.15) is 159 Å². The van der Waals surface area contributed by atoms with Gasteiger partial charge in [-0.1, -0.05) is 90.7 Å². The molecule has 0 radical (unpaired) electrons. The summed E-state index contributed by atoms with van der Waals surface area (Å²) < 4.78 is 38.0. The zero-order valence-electron chi connectivity index (χ0n) is 43.2. The molecule has 4 rings (SSSR count). The molecule has 2 aliphatic carbocycles. The van der Waals surface area contributed by atoms with Crippen molar-refractivity contribution >= 4 is 35.8 Å². The van der Waals surface area contributed by atoms with Gasteiger partial charge in [-0.3, -0.25) is 19.2 Å². The van der Waals surface area contributed by atoms with Crippen molar-refractivity contribution in [3.05, 3.63) is 76.9 Å². The Kier molecular flexibility index (Phi) is 23.7. The molecule has 13 nitrogen and oxygen atoms in total. The Labute approximate surface area is 416 Å². The number of ether oxygens (including phenoxy) is 7. The Balaban J connectivity index is 1.66. The van der Waals surface area contributed by atoms with E-state index in [1.807, 2.05) is 6.07 Å². The summed E-state index contributed by atoms with van der Waals surface area (Å²) in [5.41, 5.74) is 5.46. The van der Waals surface area contributed by atoms with Crippen LogP contribution in [0.25, 0.3) is 11.1 Å². The van der Waals surface area contributed by atoms with E-state index in [0.29, 0.717) is 36.5 Å². The van der Waals surface area contributed by atoms with E-state index in [9.17, 15) is 28.8 Å². The molecule has 0 N–H and O–H groups in total. The first kappa shape index (κ1) is 57.1. The van der Waals surface area contributed by atoms with Crippen molar-refractivity contribution in [1.82, 2.24) is 0 Å². The molecule has 386 valence electrons. The Morgan fingerprint density at radius 3 is 1.67 bits per heavy atom. The first-order valence-corrected chi connectivity index (χ1v) is 25.6. The molecule has 0 amide bonds. The Morgan fingerprint density at radius 2 is 1.13 bits per heavy atom. The summed E-state index contributed by atoms with van der Waals surface area (Å²) in [5.74, 6) is -1.15. The van der Waals surface area contributed by atoms with Gasteiger partial charge >= 0.3 is 35.8 Å². The predicted molar refractivity (Wildman–Crippen MR) is 268 cm³/mol. The van der Waals surface area contributed by atoms with E-state index in [2.05, 4.69) is 67.7 Å². The molecular weight excluding hydrogens is 893 g/mol. The standard InChI is InChI=1S/C57H80O13/c1-10-13-14-16-40-18-20-43(21-19-40)44-22-24-45(25-23-44)46-26-27-48(41(11-2)29-46)49-30-47(17-15-28-66-55(62)38(4)5)50(31-42(49)12-3)67-34-57(37-70-56(63)39(6)7,35-68-53(60)32-51(58)64-8)36-69-54(61)33-52(59)65-9/h26-27,29-31,40,43-45H,4,6,10-25,28,32-37H2,1-3,5,7-9H3. The van der Waals surface area contributed by atoms with Crippen molar-refractivity contribution in [1.29, 1.82) is 0 Å². The predicted octanol–water partition coefficient (Wildman–Crippen LogP) is 10.9. The monoisotopic (exact) mass is 973 g/mol. The highest BCUT2D eigenvalue weighted by Gasteiger charge is 2.39. The van der Waals surface area contributed by atoms with Gasteiger partial charge < -0.3 is 33.2 Å². The van der Waals surface area contributed by atoms with Crippen LogP contribution in [-0.2, 0) is 76.5 Å². The molecule has 0 atom stereocenters. The Bertz CT molecular complexity index is 2070. The second-order valence-electron chi connectivity index (χ2n) is 19.6. The normalized spacial score (nSPS) is 17.9. The summed E-state index contributed by atoms with van der Waals surface area (Å²) in [6.07, 6.45) is 17.1. The second kappa shape index (κ2) is 29.0. The van der Waals surface area contributed by atoms with Crippen molar-refractivity contribution in [3.8, 4) is 16.9 Å². The lowest BCUT2D eigenvalue weighted by Gasteiger charge is -2.38. The van der Waals surface area contributed by atoms with Gasteiger partial charge in [0.1, 0.15) is 50.4 Å². The molecule has 0 spiro atoms. The minimum absolute atomic E-state index is 0.0884. The van der Waals surface area contributed by atoms with E-state index in [0.717, 1.165) is 60.6 Å². The lowest BCUT2D eigenvalue weighted by molar-refractivity contribution is -0.165. The smallest absolute Gasteiger partial charge is 0.333 e. The third kappa shape index (κ3) is 17.7. The minimum atomic E-state index is -1.56. The summed E-state index contributed by atoms with van der Waals surface area (Å²) in [6, 6.07) is 11.1. The Morgan fingerprint density at radius 1 is 0.586 bits per heavy atom. The highest BCUT2D eigenvalue weighted by Crippen LogP contribution is 2.45. The maximum atomic E-state index is 12.8. The van der Waals surface area contributed by atoms with Crippen LogP contribution in [0.3, 0.4) is 0 Å². The molecule has 0 bridgehead atoms. The fraction of sp³-hybridized carbons (Fsp3) is 0.614. The number of carbonyl (C=O) groups is 6. The molecule has 0 unspecified atom stereocenters. The average Bonchev–Trinajstić information content (AvgIpc) is 3.36. The molecule has 13 heteroatoms. The summed E-state index contributed by atoms with van der Waals surface area (Å²) in [6.45, 7) is 15.2. The van der Waals surface area contributed by atoms with Crippen LogP contribution in [-0.4, -0.2) is 83.1 Å². The topological polar surface area (TPSA) is 167 Å². The minimum Gasteiger partial charge on any atom is -0.492 e. The maximum absolute atomic E-state index is 12.8. The number of benzene rings is 2. The van der Waals surface area contributed by atoms with Gasteiger partial charge in [-0.15, -0.1) is 0 Å². The van der Waals surface area contributed by atoms with Gasteiger partial charge in [0.25, 0.3) is 0 Å². The second-order valence-corrected chi connectivity index (χ2v) is 19.6. The van der Waals surface area contributed by atoms with E-state index in [1.54, 1.807) is 6.92 Å². The first-order chi connectivity index (χ1) is 33.5. The SMILES string of the molecule is C=C(C)C(=O)OCCCc1cc(-c2ccc(C3CCC(C4CCC(CCCCC)CC4)CC3)cc2CC)c(CC)cc1OCC(COC(=O)CC(=O)OC)(COC(=O)CC(=O)OC)COC(=O)C(=C)C. The number of carbonyl (C=O) groups excluding carboxylic acids is 6. The summed E-state index contributed by atoms with van der Waals surface area (Å²) in [5, 5.41) is 0. The quantitative estimate of drug-likeness (QED) is 0.0260. The van der Waals surface area contributed by atoms with Crippen LogP contribution < -0.4 is 4.74 Å². The molecular formula is C57H80O13. The third-order valence-electron chi connectivity index (χ3n) is 14.2. The summed E-state index contributed by atoms with van der Waals surface area (Å²) >= 11 is 0. The van der Waals surface area contributed by atoms with Gasteiger partial charge in [-0.05, 0) is 147 Å². The number of hydrogen-bond donors (Lipinski definition) is 0. The highest BCUT2D eigenvalue weighted by molar-refractivity contribution is 5.92. The molecule has 2 aliphatic rings. The lowest BCUT2D eigenvalue weighted by atomic mass is 9.68. The van der Waals surface area contributed by atoms with Crippen molar-refractivity contribution in [2.75, 3.05) is 47.3 Å². The Hall–Kier alpha value is -5.46. The number of aryl methyl sites for hydroxylation is 3. The molecule has 2 aromatic carbocycles. The first-order valence-electron chi connectivity index (χ1n) is 25.6. The number of esters is 6. The van der Waals surface area contributed by atoms with Crippen LogP contribution >= 0.6 is 0 Å². The fourth-order valence-electron chi connectivity index (χ4n) is 9.84. The number of methoxy groups -OCH3 is 2. The van der Waals surface area contributed by atoms with Crippen molar-refractivity contribution in [3.63, 3.8) is 0 Å². The van der Waals surface area contributed by atoms with Gasteiger partial charge in [0.05, 0.1) is 20.8 Å². The molecule has 70 heavy (non-hydrogen) atoms. The van der Waals surface area contributed by atoms with Crippen LogP contribution in [0.2, 0.25) is 0 Å². The van der Waals surface area contributed by atoms with E-state index in [-0.39, 0.29) is 18.8 Å². The highest BCUT2D eigenvalue weighted by atomic mass is 16.6. The zero-order valence-corrected chi connectivity index (χ0v) is 43.2. The molecule has 0 aliphatic heterocycles. The van der Waals surface area contributed by atoms with Crippen LogP contribution in [0.4, 0.5) is 0 Å². The van der Waals surface area contributed by atoms with E-state index < -0.39 is 73.9 Å². The van der Waals surface area contributed by atoms with Crippen molar-refractivity contribution in [2.45, 2.75) is 156 Å². The van der Waals surface area contributed by atoms with E-state index in [4.69, 9.17) is 23.7 Å². The summed E-state index contributed by atoms with van der Waals surface area (Å²) in [4.78, 5) is 74.7.